The maximum absolute atomic E-state index is 8.96. The summed E-state index contributed by atoms with van der Waals surface area (Å²) in [6, 6.07) is 16.9. The number of rotatable bonds is 1. The maximum atomic E-state index is 8.96. The SMILES string of the molecule is N#C[Se]C1c2ccccc2-c2ccccc21. The fourth-order valence-corrected chi connectivity index (χ4v) is 3.91. The first kappa shape index (κ1) is 9.66. The molecule has 2 aromatic rings. The first-order valence-corrected chi connectivity index (χ1v) is 6.99. The number of hydrogen-bond acceptors (Lipinski definition) is 1. The molecule has 0 unspecified atom stereocenters. The molecular weight excluding hydrogens is 261 g/mol. The summed E-state index contributed by atoms with van der Waals surface area (Å²) >= 11 is -0.0112. The molecule has 2 heteroatoms. The molecule has 0 atom stereocenters. The molecule has 0 amide bonds. The molecule has 1 aliphatic rings. The van der Waals surface area contributed by atoms with Crippen LogP contribution in [0.15, 0.2) is 48.5 Å². The van der Waals surface area contributed by atoms with Crippen LogP contribution >= 0.6 is 0 Å². The van der Waals surface area contributed by atoms with Crippen molar-refractivity contribution in [1.82, 2.24) is 0 Å². The van der Waals surface area contributed by atoms with E-state index in [0.717, 1.165) is 0 Å². The summed E-state index contributed by atoms with van der Waals surface area (Å²) in [5.74, 6) is 0. The molecule has 1 nitrogen and oxygen atoms in total. The van der Waals surface area contributed by atoms with Crippen LogP contribution in [0.25, 0.3) is 11.1 Å². The molecule has 0 aromatic heterocycles. The molecule has 0 saturated carbocycles. The second kappa shape index (κ2) is 3.79. The Labute approximate surface area is 101 Å². The van der Waals surface area contributed by atoms with Crippen molar-refractivity contribution in [1.29, 1.82) is 5.26 Å². The minimum absolute atomic E-state index is 0.0112. The van der Waals surface area contributed by atoms with Crippen LogP contribution in [0.1, 0.15) is 15.9 Å². The Morgan fingerprint density at radius 3 is 1.88 bits per heavy atom. The van der Waals surface area contributed by atoms with Gasteiger partial charge in [0.25, 0.3) is 0 Å². The molecule has 0 fully saturated rings. The molecule has 0 N–H and O–H groups in total. The van der Waals surface area contributed by atoms with E-state index in [2.05, 4.69) is 53.5 Å². The van der Waals surface area contributed by atoms with Gasteiger partial charge >= 0.3 is 101 Å². The molecule has 0 bridgehead atoms. The first-order valence-electron chi connectivity index (χ1n) is 5.15. The number of nitrogens with zero attached hydrogens (tertiary/aromatic N) is 1. The van der Waals surface area contributed by atoms with Crippen LogP contribution in [-0.4, -0.2) is 15.0 Å². The van der Waals surface area contributed by atoms with Crippen molar-refractivity contribution >= 4 is 15.0 Å². The van der Waals surface area contributed by atoms with Crippen LogP contribution in [0.2, 0.25) is 0 Å². The fourth-order valence-electron chi connectivity index (χ4n) is 2.29. The van der Waals surface area contributed by atoms with E-state index in [1.165, 1.54) is 22.3 Å². The molecule has 16 heavy (non-hydrogen) atoms. The molecule has 1 aliphatic carbocycles. The molecule has 0 spiro atoms. The normalized spacial score (nSPS) is 12.9. The minimum atomic E-state index is -0.0112. The first-order chi connectivity index (χ1) is 7.92. The molecule has 3 rings (SSSR count). The molecule has 2 aromatic carbocycles. The Hall–Kier alpha value is -1.55. The summed E-state index contributed by atoms with van der Waals surface area (Å²) in [7, 11) is 0. The van der Waals surface area contributed by atoms with Gasteiger partial charge in [-0.2, -0.15) is 0 Å². The number of nitriles is 1. The fraction of sp³-hybridized carbons (Fsp3) is 0.0714. The van der Waals surface area contributed by atoms with Crippen molar-refractivity contribution in [3.8, 4) is 16.1 Å². The standard InChI is InChI=1S/C14H9NSe/c15-9-16-14-12-7-3-1-5-10(12)11-6-2-4-8-13(11)14/h1-8,14H. The van der Waals surface area contributed by atoms with E-state index < -0.39 is 0 Å². The van der Waals surface area contributed by atoms with Gasteiger partial charge in [0.05, 0.1) is 0 Å². The Balaban J connectivity index is 2.26. The van der Waals surface area contributed by atoms with Gasteiger partial charge in [-0.3, -0.25) is 0 Å². The van der Waals surface area contributed by atoms with Crippen LogP contribution < -0.4 is 0 Å². The van der Waals surface area contributed by atoms with Crippen LogP contribution in [0.4, 0.5) is 0 Å². The summed E-state index contributed by atoms with van der Waals surface area (Å²) < 4.78 is 0. The van der Waals surface area contributed by atoms with Crippen LogP contribution in [0, 0.1) is 10.2 Å². The van der Waals surface area contributed by atoms with Crippen molar-refractivity contribution < 1.29 is 0 Å². The summed E-state index contributed by atoms with van der Waals surface area (Å²) in [6.45, 7) is 0. The Morgan fingerprint density at radius 1 is 0.875 bits per heavy atom. The van der Waals surface area contributed by atoms with E-state index in [1.807, 2.05) is 0 Å². The monoisotopic (exact) mass is 271 g/mol. The second-order valence-electron chi connectivity index (χ2n) is 3.76. The van der Waals surface area contributed by atoms with Crippen molar-refractivity contribution in [3.05, 3.63) is 59.7 Å². The molecule has 76 valence electrons. The molecular formula is C14H9NSe. The third-order valence-electron chi connectivity index (χ3n) is 2.95. The van der Waals surface area contributed by atoms with E-state index in [4.69, 9.17) is 5.26 Å². The van der Waals surface area contributed by atoms with Gasteiger partial charge in [0.1, 0.15) is 0 Å². The second-order valence-corrected chi connectivity index (χ2v) is 5.63. The van der Waals surface area contributed by atoms with Crippen molar-refractivity contribution in [2.45, 2.75) is 4.82 Å². The van der Waals surface area contributed by atoms with Crippen molar-refractivity contribution in [2.75, 3.05) is 0 Å². The van der Waals surface area contributed by atoms with Gasteiger partial charge in [-0.05, 0) is 0 Å². The molecule has 0 aliphatic heterocycles. The van der Waals surface area contributed by atoms with Crippen molar-refractivity contribution in [2.24, 2.45) is 0 Å². The zero-order valence-corrected chi connectivity index (χ0v) is 10.3. The quantitative estimate of drug-likeness (QED) is 0.731. The third kappa shape index (κ3) is 1.30. The van der Waals surface area contributed by atoms with E-state index in [0.29, 0.717) is 4.82 Å². The number of hydrogen-bond donors (Lipinski definition) is 0. The molecule has 0 saturated heterocycles. The summed E-state index contributed by atoms with van der Waals surface area (Å²) in [5.41, 5.74) is 5.26. The zero-order valence-electron chi connectivity index (χ0n) is 8.55. The van der Waals surface area contributed by atoms with Gasteiger partial charge in [0.2, 0.25) is 0 Å². The number of benzene rings is 2. The Kier molecular flexibility index (Phi) is 2.29. The average Bonchev–Trinajstić information content (AvgIpc) is 2.66. The van der Waals surface area contributed by atoms with E-state index in [-0.39, 0.29) is 15.0 Å². The predicted octanol–water partition coefficient (Wildman–Crippen LogP) is 2.94. The zero-order chi connectivity index (χ0) is 11.0. The van der Waals surface area contributed by atoms with Gasteiger partial charge in [0, 0.05) is 0 Å². The molecule has 0 heterocycles. The summed E-state index contributed by atoms with van der Waals surface area (Å²) in [6.07, 6.45) is 0. The van der Waals surface area contributed by atoms with Crippen LogP contribution in [-0.2, 0) is 0 Å². The van der Waals surface area contributed by atoms with Gasteiger partial charge < -0.3 is 0 Å². The van der Waals surface area contributed by atoms with Crippen molar-refractivity contribution in [3.63, 3.8) is 0 Å². The van der Waals surface area contributed by atoms with Crippen LogP contribution in [0.5, 0.6) is 0 Å². The van der Waals surface area contributed by atoms with Gasteiger partial charge in [-0.25, -0.2) is 0 Å². The predicted molar refractivity (Wildman–Crippen MR) is 65.1 cm³/mol. The Bertz CT molecular complexity index is 538. The van der Waals surface area contributed by atoms with E-state index in [1.54, 1.807) is 0 Å². The van der Waals surface area contributed by atoms with Gasteiger partial charge in [-0.1, -0.05) is 0 Å². The third-order valence-corrected chi connectivity index (χ3v) is 4.73. The van der Waals surface area contributed by atoms with Crippen LogP contribution in [0.3, 0.4) is 0 Å². The summed E-state index contributed by atoms with van der Waals surface area (Å²) in [4.78, 5) is 2.68. The van der Waals surface area contributed by atoms with Gasteiger partial charge in [0.15, 0.2) is 0 Å². The topological polar surface area (TPSA) is 23.8 Å². The van der Waals surface area contributed by atoms with Gasteiger partial charge in [-0.15, -0.1) is 0 Å². The summed E-state index contributed by atoms with van der Waals surface area (Å²) in [5, 5.41) is 8.96. The van der Waals surface area contributed by atoms with E-state index >= 15 is 0 Å². The molecule has 0 radical (unpaired) electrons. The van der Waals surface area contributed by atoms with E-state index in [9.17, 15) is 0 Å². The average molecular weight is 270 g/mol. The Morgan fingerprint density at radius 2 is 1.38 bits per heavy atom. The number of fused-ring (bicyclic) bond motifs is 3.